The number of nitrogens with zero attached hydrogens (tertiary/aromatic N) is 2. The Labute approximate surface area is 106 Å². The molecule has 0 saturated carbocycles. The van der Waals surface area contributed by atoms with E-state index in [1.165, 1.54) is 0 Å². The van der Waals surface area contributed by atoms with E-state index in [9.17, 15) is 4.79 Å². The third-order valence-corrected chi connectivity index (χ3v) is 2.98. The highest BCUT2D eigenvalue weighted by molar-refractivity contribution is 5.86. The second-order valence-electron chi connectivity index (χ2n) is 4.36. The van der Waals surface area contributed by atoms with Gasteiger partial charge in [-0.2, -0.15) is 5.10 Å². The van der Waals surface area contributed by atoms with Crippen molar-refractivity contribution in [1.82, 2.24) is 9.78 Å². The SMILES string of the molecule is COc1cc(C)c(-c2nn(C)cc2C=O)cc1C. The van der Waals surface area contributed by atoms with E-state index in [0.717, 1.165) is 34.4 Å². The largest absolute Gasteiger partial charge is 0.496 e. The van der Waals surface area contributed by atoms with Gasteiger partial charge in [0, 0.05) is 18.8 Å². The van der Waals surface area contributed by atoms with Crippen LogP contribution in [0, 0.1) is 13.8 Å². The molecule has 4 heteroatoms. The van der Waals surface area contributed by atoms with Gasteiger partial charge >= 0.3 is 0 Å². The van der Waals surface area contributed by atoms with Crippen LogP contribution in [0.15, 0.2) is 18.3 Å². The number of aryl methyl sites for hydroxylation is 3. The van der Waals surface area contributed by atoms with Gasteiger partial charge in [-0.1, -0.05) is 0 Å². The first kappa shape index (κ1) is 12.4. The van der Waals surface area contributed by atoms with E-state index in [1.54, 1.807) is 18.0 Å². The molecule has 18 heavy (non-hydrogen) atoms. The predicted octanol–water partition coefficient (Wildman–Crippen LogP) is 2.53. The monoisotopic (exact) mass is 244 g/mol. The molecule has 0 aliphatic rings. The van der Waals surface area contributed by atoms with Crippen LogP contribution in [0.3, 0.4) is 0 Å². The van der Waals surface area contributed by atoms with Crippen molar-refractivity contribution in [3.8, 4) is 17.0 Å². The zero-order valence-electron chi connectivity index (χ0n) is 11.0. The maximum absolute atomic E-state index is 11.1. The third-order valence-electron chi connectivity index (χ3n) is 2.98. The van der Waals surface area contributed by atoms with Crippen molar-refractivity contribution < 1.29 is 9.53 Å². The van der Waals surface area contributed by atoms with Gasteiger partial charge in [0.15, 0.2) is 6.29 Å². The Balaban J connectivity index is 2.63. The molecule has 1 aromatic heterocycles. The summed E-state index contributed by atoms with van der Waals surface area (Å²) in [6.45, 7) is 3.96. The number of hydrogen-bond acceptors (Lipinski definition) is 3. The van der Waals surface area contributed by atoms with Gasteiger partial charge in [0.05, 0.1) is 12.7 Å². The quantitative estimate of drug-likeness (QED) is 0.779. The van der Waals surface area contributed by atoms with Crippen molar-refractivity contribution >= 4 is 6.29 Å². The summed E-state index contributed by atoms with van der Waals surface area (Å²) in [5.41, 5.74) is 4.36. The number of rotatable bonds is 3. The van der Waals surface area contributed by atoms with E-state index in [2.05, 4.69) is 5.10 Å². The summed E-state index contributed by atoms with van der Waals surface area (Å²) < 4.78 is 6.93. The number of hydrogen-bond donors (Lipinski definition) is 0. The average Bonchev–Trinajstić information content (AvgIpc) is 2.72. The van der Waals surface area contributed by atoms with Crippen LogP contribution in [-0.2, 0) is 7.05 Å². The number of ether oxygens (including phenoxy) is 1. The number of aromatic nitrogens is 2. The van der Waals surface area contributed by atoms with Crippen LogP contribution >= 0.6 is 0 Å². The molecule has 1 aromatic carbocycles. The van der Waals surface area contributed by atoms with Crippen molar-refractivity contribution in [3.63, 3.8) is 0 Å². The van der Waals surface area contributed by atoms with E-state index in [4.69, 9.17) is 4.74 Å². The fourth-order valence-corrected chi connectivity index (χ4v) is 2.07. The topological polar surface area (TPSA) is 44.1 Å². The van der Waals surface area contributed by atoms with E-state index >= 15 is 0 Å². The van der Waals surface area contributed by atoms with Crippen LogP contribution in [0.25, 0.3) is 11.3 Å². The molecule has 2 rings (SSSR count). The van der Waals surface area contributed by atoms with Crippen LogP contribution < -0.4 is 4.74 Å². The fraction of sp³-hybridized carbons (Fsp3) is 0.286. The number of carbonyl (C=O) groups excluding carboxylic acids is 1. The molecule has 0 aliphatic heterocycles. The zero-order valence-corrected chi connectivity index (χ0v) is 11.0. The molecular weight excluding hydrogens is 228 g/mol. The lowest BCUT2D eigenvalue weighted by atomic mass is 10.00. The minimum atomic E-state index is 0.602. The Morgan fingerprint density at radius 1 is 1.28 bits per heavy atom. The van der Waals surface area contributed by atoms with Crippen LogP contribution in [0.2, 0.25) is 0 Å². The summed E-state index contributed by atoms with van der Waals surface area (Å²) in [6, 6.07) is 3.97. The minimum Gasteiger partial charge on any atom is -0.496 e. The van der Waals surface area contributed by atoms with Gasteiger partial charge in [0.25, 0.3) is 0 Å². The molecule has 0 atom stereocenters. The van der Waals surface area contributed by atoms with E-state index < -0.39 is 0 Å². The van der Waals surface area contributed by atoms with Gasteiger partial charge in [0.2, 0.25) is 0 Å². The molecule has 1 heterocycles. The number of carbonyl (C=O) groups is 1. The lowest BCUT2D eigenvalue weighted by Gasteiger charge is -2.10. The number of aldehydes is 1. The van der Waals surface area contributed by atoms with Crippen LogP contribution in [0.1, 0.15) is 21.5 Å². The predicted molar refractivity (Wildman–Crippen MR) is 70.1 cm³/mol. The van der Waals surface area contributed by atoms with Gasteiger partial charge in [-0.05, 0) is 37.1 Å². The second kappa shape index (κ2) is 4.64. The van der Waals surface area contributed by atoms with Crippen LogP contribution in [0.5, 0.6) is 5.75 Å². The molecule has 0 radical (unpaired) electrons. The summed E-state index contributed by atoms with van der Waals surface area (Å²) in [7, 11) is 3.46. The smallest absolute Gasteiger partial charge is 0.153 e. The zero-order chi connectivity index (χ0) is 13.3. The van der Waals surface area contributed by atoms with Gasteiger partial charge in [0.1, 0.15) is 11.4 Å². The first-order valence-corrected chi connectivity index (χ1v) is 5.71. The highest BCUT2D eigenvalue weighted by atomic mass is 16.5. The first-order chi connectivity index (χ1) is 8.56. The molecule has 2 aromatic rings. The van der Waals surface area contributed by atoms with Crippen molar-refractivity contribution in [2.45, 2.75) is 13.8 Å². The van der Waals surface area contributed by atoms with E-state index in [0.29, 0.717) is 5.56 Å². The normalized spacial score (nSPS) is 10.4. The van der Waals surface area contributed by atoms with Gasteiger partial charge < -0.3 is 4.74 Å². The van der Waals surface area contributed by atoms with E-state index in [-0.39, 0.29) is 0 Å². The Bertz CT molecular complexity index is 600. The lowest BCUT2D eigenvalue weighted by Crippen LogP contribution is -1.94. The lowest BCUT2D eigenvalue weighted by molar-refractivity contribution is 0.112. The van der Waals surface area contributed by atoms with Crippen molar-refractivity contribution in [2.75, 3.05) is 7.11 Å². The molecule has 0 spiro atoms. The molecule has 0 N–H and O–H groups in total. The maximum atomic E-state index is 11.1. The molecule has 0 bridgehead atoms. The third kappa shape index (κ3) is 2.01. The average molecular weight is 244 g/mol. The molecule has 0 fully saturated rings. The van der Waals surface area contributed by atoms with Crippen molar-refractivity contribution in [2.24, 2.45) is 7.05 Å². The molecule has 0 aliphatic carbocycles. The van der Waals surface area contributed by atoms with Crippen LogP contribution in [-0.4, -0.2) is 23.2 Å². The van der Waals surface area contributed by atoms with Crippen molar-refractivity contribution in [1.29, 1.82) is 0 Å². The highest BCUT2D eigenvalue weighted by Gasteiger charge is 2.13. The van der Waals surface area contributed by atoms with Crippen LogP contribution in [0.4, 0.5) is 0 Å². The standard InChI is InChI=1S/C14H16N2O2/c1-9-6-13(18-4)10(2)5-12(9)14-11(8-17)7-16(3)15-14/h5-8H,1-4H3. The number of methoxy groups -OCH3 is 1. The van der Waals surface area contributed by atoms with Gasteiger partial charge in [-0.3, -0.25) is 9.48 Å². The molecular formula is C14H16N2O2. The minimum absolute atomic E-state index is 0.602. The Morgan fingerprint density at radius 3 is 2.61 bits per heavy atom. The van der Waals surface area contributed by atoms with Gasteiger partial charge in [-0.25, -0.2) is 0 Å². The second-order valence-corrected chi connectivity index (χ2v) is 4.36. The summed E-state index contributed by atoms with van der Waals surface area (Å²) >= 11 is 0. The van der Waals surface area contributed by atoms with Crippen molar-refractivity contribution in [3.05, 3.63) is 35.0 Å². The first-order valence-electron chi connectivity index (χ1n) is 5.71. The summed E-state index contributed by atoms with van der Waals surface area (Å²) in [5.74, 6) is 0.847. The Morgan fingerprint density at radius 2 is 2.00 bits per heavy atom. The summed E-state index contributed by atoms with van der Waals surface area (Å²) in [6.07, 6.45) is 2.56. The van der Waals surface area contributed by atoms with Gasteiger partial charge in [-0.15, -0.1) is 0 Å². The molecule has 0 amide bonds. The molecule has 4 nitrogen and oxygen atoms in total. The molecule has 0 saturated heterocycles. The maximum Gasteiger partial charge on any atom is 0.153 e. The molecule has 0 unspecified atom stereocenters. The number of benzene rings is 1. The van der Waals surface area contributed by atoms with E-state index in [1.807, 2.05) is 33.0 Å². The summed E-state index contributed by atoms with van der Waals surface area (Å²) in [4.78, 5) is 11.1. The Kier molecular flexibility index (Phi) is 3.19. The summed E-state index contributed by atoms with van der Waals surface area (Å²) in [5, 5.41) is 4.35. The highest BCUT2D eigenvalue weighted by Crippen LogP contribution is 2.30. The fourth-order valence-electron chi connectivity index (χ4n) is 2.07. The Hall–Kier alpha value is -2.10. The molecule has 94 valence electrons.